The molecular formula is C16H21N. The fraction of sp³-hybridized carbons (Fsp3) is 0.438. The number of nitrogens with zero attached hydrogens (tertiary/aromatic N) is 1. The molecule has 2 aromatic rings. The number of pyridine rings is 1. The van der Waals surface area contributed by atoms with Gasteiger partial charge in [0.2, 0.25) is 0 Å². The molecule has 0 N–H and O–H groups in total. The summed E-state index contributed by atoms with van der Waals surface area (Å²) in [7, 11) is 0. The average Bonchev–Trinajstić information content (AvgIpc) is 2.39. The van der Waals surface area contributed by atoms with E-state index in [0.29, 0.717) is 5.92 Å². The van der Waals surface area contributed by atoms with Crippen molar-refractivity contribution < 1.29 is 0 Å². The molecule has 1 aromatic heterocycles. The van der Waals surface area contributed by atoms with E-state index in [1.54, 1.807) is 0 Å². The van der Waals surface area contributed by atoms with Gasteiger partial charge in [-0.2, -0.15) is 0 Å². The number of benzene rings is 1. The molecule has 1 atom stereocenters. The number of hydrogen-bond acceptors (Lipinski definition) is 1. The van der Waals surface area contributed by atoms with Gasteiger partial charge in [-0.1, -0.05) is 38.8 Å². The van der Waals surface area contributed by atoms with Crippen LogP contribution < -0.4 is 0 Å². The SMILES string of the molecule is CCCCC(CC)c1ccc2ccncc2c1. The van der Waals surface area contributed by atoms with Crippen molar-refractivity contribution in [2.45, 2.75) is 45.4 Å². The van der Waals surface area contributed by atoms with Crippen LogP contribution in [-0.4, -0.2) is 4.98 Å². The van der Waals surface area contributed by atoms with Gasteiger partial charge in [0.1, 0.15) is 0 Å². The summed E-state index contributed by atoms with van der Waals surface area (Å²) in [5.41, 5.74) is 1.47. The summed E-state index contributed by atoms with van der Waals surface area (Å²) in [4.78, 5) is 4.20. The minimum atomic E-state index is 0.708. The highest BCUT2D eigenvalue weighted by molar-refractivity contribution is 5.82. The fourth-order valence-corrected chi connectivity index (χ4v) is 2.41. The van der Waals surface area contributed by atoms with Crippen molar-refractivity contribution in [1.29, 1.82) is 0 Å². The first-order chi connectivity index (χ1) is 8.35. The van der Waals surface area contributed by atoms with E-state index in [4.69, 9.17) is 0 Å². The van der Waals surface area contributed by atoms with Crippen LogP contribution in [0.15, 0.2) is 36.7 Å². The van der Waals surface area contributed by atoms with Gasteiger partial charge < -0.3 is 0 Å². The molecule has 0 radical (unpaired) electrons. The molecule has 0 fully saturated rings. The van der Waals surface area contributed by atoms with E-state index in [1.807, 2.05) is 12.4 Å². The lowest BCUT2D eigenvalue weighted by Crippen LogP contribution is -1.97. The van der Waals surface area contributed by atoms with Crippen LogP contribution in [0.5, 0.6) is 0 Å². The van der Waals surface area contributed by atoms with Crippen LogP contribution in [0, 0.1) is 0 Å². The van der Waals surface area contributed by atoms with E-state index in [0.717, 1.165) is 0 Å². The van der Waals surface area contributed by atoms with Crippen molar-refractivity contribution in [2.24, 2.45) is 0 Å². The zero-order chi connectivity index (χ0) is 12.1. The lowest BCUT2D eigenvalue weighted by molar-refractivity contribution is 0.570. The normalized spacial score (nSPS) is 12.8. The summed E-state index contributed by atoms with van der Waals surface area (Å²) in [6.45, 7) is 4.55. The Morgan fingerprint density at radius 3 is 2.76 bits per heavy atom. The van der Waals surface area contributed by atoms with Crippen molar-refractivity contribution in [3.8, 4) is 0 Å². The average molecular weight is 227 g/mol. The molecule has 0 aliphatic rings. The highest BCUT2D eigenvalue weighted by Gasteiger charge is 2.09. The Bertz CT molecular complexity index is 476. The van der Waals surface area contributed by atoms with E-state index in [-0.39, 0.29) is 0 Å². The Kier molecular flexibility index (Phi) is 4.13. The fourth-order valence-electron chi connectivity index (χ4n) is 2.41. The van der Waals surface area contributed by atoms with Gasteiger partial charge in [0, 0.05) is 17.8 Å². The van der Waals surface area contributed by atoms with E-state index in [1.165, 1.54) is 42.0 Å². The van der Waals surface area contributed by atoms with E-state index >= 15 is 0 Å². The molecule has 0 saturated carbocycles. The zero-order valence-electron chi connectivity index (χ0n) is 10.8. The Hall–Kier alpha value is -1.37. The summed E-state index contributed by atoms with van der Waals surface area (Å²) in [6.07, 6.45) is 8.96. The molecule has 0 bridgehead atoms. The van der Waals surface area contributed by atoms with Crippen molar-refractivity contribution >= 4 is 10.8 Å². The van der Waals surface area contributed by atoms with E-state index in [9.17, 15) is 0 Å². The van der Waals surface area contributed by atoms with Crippen LogP contribution in [0.1, 0.15) is 51.0 Å². The molecule has 0 spiro atoms. The van der Waals surface area contributed by atoms with Gasteiger partial charge in [-0.15, -0.1) is 0 Å². The Labute approximate surface area is 104 Å². The summed E-state index contributed by atoms with van der Waals surface area (Å²) in [6, 6.07) is 8.89. The molecule has 17 heavy (non-hydrogen) atoms. The van der Waals surface area contributed by atoms with Crippen LogP contribution in [0.25, 0.3) is 10.8 Å². The second-order valence-electron chi connectivity index (χ2n) is 4.73. The van der Waals surface area contributed by atoms with Gasteiger partial charge in [-0.3, -0.25) is 4.98 Å². The molecule has 90 valence electrons. The first-order valence-electron chi connectivity index (χ1n) is 6.68. The molecule has 1 unspecified atom stereocenters. The number of unbranched alkanes of at least 4 members (excludes halogenated alkanes) is 1. The first kappa shape index (κ1) is 12.1. The van der Waals surface area contributed by atoms with Gasteiger partial charge in [-0.25, -0.2) is 0 Å². The Morgan fingerprint density at radius 2 is 2.00 bits per heavy atom. The number of rotatable bonds is 5. The zero-order valence-corrected chi connectivity index (χ0v) is 10.8. The van der Waals surface area contributed by atoms with Gasteiger partial charge in [0.25, 0.3) is 0 Å². The molecule has 0 saturated heterocycles. The molecule has 0 aliphatic heterocycles. The second kappa shape index (κ2) is 5.81. The smallest absolute Gasteiger partial charge is 0.0346 e. The largest absolute Gasteiger partial charge is 0.264 e. The molecule has 1 nitrogen and oxygen atoms in total. The topological polar surface area (TPSA) is 12.9 Å². The third-order valence-corrected chi connectivity index (χ3v) is 3.53. The summed E-state index contributed by atoms with van der Waals surface area (Å²) in [5.74, 6) is 0.708. The summed E-state index contributed by atoms with van der Waals surface area (Å²) >= 11 is 0. The van der Waals surface area contributed by atoms with E-state index in [2.05, 4.69) is 43.1 Å². The molecule has 1 heterocycles. The quantitative estimate of drug-likeness (QED) is 0.706. The highest BCUT2D eigenvalue weighted by Crippen LogP contribution is 2.27. The van der Waals surface area contributed by atoms with Gasteiger partial charge in [0.05, 0.1) is 0 Å². The lowest BCUT2D eigenvalue weighted by Gasteiger charge is -2.15. The second-order valence-corrected chi connectivity index (χ2v) is 4.73. The first-order valence-corrected chi connectivity index (χ1v) is 6.68. The third-order valence-electron chi connectivity index (χ3n) is 3.53. The molecular weight excluding hydrogens is 206 g/mol. The molecule has 1 aromatic carbocycles. The monoisotopic (exact) mass is 227 g/mol. The maximum Gasteiger partial charge on any atom is 0.0346 e. The van der Waals surface area contributed by atoms with Crippen molar-refractivity contribution in [3.05, 3.63) is 42.2 Å². The molecule has 0 amide bonds. The van der Waals surface area contributed by atoms with Crippen LogP contribution in [0.4, 0.5) is 0 Å². The Morgan fingerprint density at radius 1 is 1.12 bits per heavy atom. The number of aromatic nitrogens is 1. The van der Waals surface area contributed by atoms with Crippen molar-refractivity contribution in [3.63, 3.8) is 0 Å². The Balaban J connectivity index is 2.27. The van der Waals surface area contributed by atoms with Crippen LogP contribution in [-0.2, 0) is 0 Å². The molecule has 1 heteroatoms. The van der Waals surface area contributed by atoms with E-state index < -0.39 is 0 Å². The van der Waals surface area contributed by atoms with Crippen LogP contribution in [0.2, 0.25) is 0 Å². The van der Waals surface area contributed by atoms with Gasteiger partial charge in [0.15, 0.2) is 0 Å². The highest BCUT2D eigenvalue weighted by atomic mass is 14.6. The number of hydrogen-bond donors (Lipinski definition) is 0. The maximum absolute atomic E-state index is 4.20. The van der Waals surface area contributed by atoms with Crippen molar-refractivity contribution in [2.75, 3.05) is 0 Å². The standard InChI is InChI=1S/C16H21N/c1-3-5-6-13(4-2)15-8-7-14-9-10-17-12-16(14)11-15/h7-13H,3-6H2,1-2H3. The van der Waals surface area contributed by atoms with Crippen LogP contribution in [0.3, 0.4) is 0 Å². The lowest BCUT2D eigenvalue weighted by atomic mass is 9.90. The van der Waals surface area contributed by atoms with Crippen molar-refractivity contribution in [1.82, 2.24) is 4.98 Å². The summed E-state index contributed by atoms with van der Waals surface area (Å²) in [5, 5.41) is 2.55. The van der Waals surface area contributed by atoms with Crippen LogP contribution >= 0.6 is 0 Å². The molecule has 0 aliphatic carbocycles. The number of fused-ring (bicyclic) bond motifs is 1. The van der Waals surface area contributed by atoms with Gasteiger partial charge in [-0.05, 0) is 41.8 Å². The predicted molar refractivity (Wildman–Crippen MR) is 74.3 cm³/mol. The predicted octanol–water partition coefficient (Wildman–Crippen LogP) is 4.92. The summed E-state index contributed by atoms with van der Waals surface area (Å²) < 4.78 is 0. The minimum Gasteiger partial charge on any atom is -0.264 e. The maximum atomic E-state index is 4.20. The third kappa shape index (κ3) is 2.85. The van der Waals surface area contributed by atoms with Gasteiger partial charge >= 0.3 is 0 Å². The minimum absolute atomic E-state index is 0.708. The molecule has 2 rings (SSSR count).